The summed E-state index contributed by atoms with van der Waals surface area (Å²) in [5.41, 5.74) is 2.36. The van der Waals surface area contributed by atoms with Crippen molar-refractivity contribution in [3.63, 3.8) is 0 Å². The average Bonchev–Trinajstić information content (AvgIpc) is 3.05. The molecule has 3 saturated carbocycles. The fraction of sp³-hybridized carbons (Fsp3) is 0.926. The Morgan fingerprint density at radius 3 is 2.58 bits per heavy atom. The standard InChI is InChI=1S/C27H47O3P/c1-18(2)7-6-8-19(3)23-11-12-24-22-10-9-20-17-21(30-31(28)29)13-15-26(20,4)25(22)14-16-27(23,24)5/h9,18-19,21-25,31H,6-8,10-17H2,1-5H3,(H,28,29)/t19-,21?,22?,23-,24?,25?,26+,27-/m1/s1. The summed E-state index contributed by atoms with van der Waals surface area (Å²) in [5, 5.41) is 0. The van der Waals surface area contributed by atoms with Gasteiger partial charge < -0.3 is 9.42 Å². The second-order valence-electron chi connectivity index (χ2n) is 12.5. The van der Waals surface area contributed by atoms with Crippen LogP contribution in [0, 0.1) is 46.3 Å². The van der Waals surface area contributed by atoms with Crippen LogP contribution in [0.25, 0.3) is 0 Å². The topological polar surface area (TPSA) is 46.5 Å². The van der Waals surface area contributed by atoms with Crippen molar-refractivity contribution in [2.45, 2.75) is 111 Å². The number of hydrogen-bond acceptors (Lipinski definition) is 2. The summed E-state index contributed by atoms with van der Waals surface area (Å²) in [6, 6.07) is 0. The van der Waals surface area contributed by atoms with E-state index in [1.165, 1.54) is 56.9 Å². The summed E-state index contributed by atoms with van der Waals surface area (Å²) in [5.74, 6) is 5.14. The molecule has 5 unspecified atom stereocenters. The lowest BCUT2D eigenvalue weighted by Gasteiger charge is -2.58. The van der Waals surface area contributed by atoms with Crippen molar-refractivity contribution < 1.29 is 14.0 Å². The van der Waals surface area contributed by atoms with Crippen molar-refractivity contribution in [1.82, 2.24) is 0 Å². The fourth-order valence-electron chi connectivity index (χ4n) is 8.90. The molecule has 0 bridgehead atoms. The number of hydrogen-bond donors (Lipinski definition) is 1. The molecule has 0 aromatic rings. The third-order valence-corrected chi connectivity index (χ3v) is 11.1. The summed E-state index contributed by atoms with van der Waals surface area (Å²) < 4.78 is 16.6. The van der Waals surface area contributed by atoms with E-state index in [1.807, 2.05) is 0 Å². The molecular weight excluding hydrogens is 403 g/mol. The largest absolute Gasteiger partial charge is 0.326 e. The maximum atomic E-state index is 11.2. The predicted molar refractivity (Wildman–Crippen MR) is 129 cm³/mol. The molecule has 3 nitrogen and oxygen atoms in total. The van der Waals surface area contributed by atoms with Gasteiger partial charge in [-0.15, -0.1) is 0 Å². The molecule has 4 aliphatic rings. The Hall–Kier alpha value is -0.110. The van der Waals surface area contributed by atoms with Crippen molar-refractivity contribution in [3.8, 4) is 0 Å². The monoisotopic (exact) mass is 450 g/mol. The molecule has 4 rings (SSSR count). The number of allylic oxidation sites excluding steroid dienone is 1. The first-order valence-electron chi connectivity index (χ1n) is 13.2. The minimum atomic E-state index is -2.84. The maximum absolute atomic E-state index is 11.2. The average molecular weight is 451 g/mol. The van der Waals surface area contributed by atoms with Crippen LogP contribution < -0.4 is 0 Å². The molecule has 0 aliphatic heterocycles. The lowest BCUT2D eigenvalue weighted by molar-refractivity contribution is -0.0560. The molecule has 0 spiro atoms. The predicted octanol–water partition coefficient (Wildman–Crippen LogP) is 7.80. The minimum absolute atomic E-state index is 0.0522. The summed E-state index contributed by atoms with van der Waals surface area (Å²) in [6.45, 7) is 12.4. The van der Waals surface area contributed by atoms with Crippen LogP contribution in [0.3, 0.4) is 0 Å². The van der Waals surface area contributed by atoms with Gasteiger partial charge in [0.25, 0.3) is 0 Å². The van der Waals surface area contributed by atoms with E-state index in [-0.39, 0.29) is 11.5 Å². The summed E-state index contributed by atoms with van der Waals surface area (Å²) >= 11 is 0. The molecule has 0 saturated heterocycles. The van der Waals surface area contributed by atoms with Crippen LogP contribution >= 0.6 is 8.25 Å². The van der Waals surface area contributed by atoms with E-state index < -0.39 is 8.25 Å². The Balaban J connectivity index is 1.47. The third kappa shape index (κ3) is 4.50. The third-order valence-electron chi connectivity index (χ3n) is 10.5. The van der Waals surface area contributed by atoms with Gasteiger partial charge in [-0.2, -0.15) is 0 Å². The van der Waals surface area contributed by atoms with Gasteiger partial charge >= 0.3 is 8.25 Å². The van der Waals surface area contributed by atoms with Crippen molar-refractivity contribution >= 4 is 8.25 Å². The van der Waals surface area contributed by atoms with E-state index in [4.69, 9.17) is 4.52 Å². The molecule has 0 aromatic carbocycles. The van der Waals surface area contributed by atoms with Crippen LogP contribution in [0.2, 0.25) is 0 Å². The molecule has 9 atom stereocenters. The highest BCUT2D eigenvalue weighted by Crippen LogP contribution is 2.67. The lowest BCUT2D eigenvalue weighted by atomic mass is 9.47. The molecule has 31 heavy (non-hydrogen) atoms. The van der Waals surface area contributed by atoms with E-state index in [2.05, 4.69) is 40.7 Å². The van der Waals surface area contributed by atoms with Gasteiger partial charge in [0.05, 0.1) is 6.10 Å². The molecule has 0 amide bonds. The van der Waals surface area contributed by atoms with E-state index >= 15 is 0 Å². The molecule has 1 N–H and O–H groups in total. The highest BCUT2D eigenvalue weighted by Gasteiger charge is 2.59. The molecule has 3 fully saturated rings. The quantitative estimate of drug-likeness (QED) is 0.318. The Kier molecular flexibility index (Phi) is 7.18. The summed E-state index contributed by atoms with van der Waals surface area (Å²) in [7, 11) is -2.84. The lowest BCUT2D eigenvalue weighted by Crippen LogP contribution is -2.50. The van der Waals surface area contributed by atoms with E-state index in [9.17, 15) is 9.46 Å². The van der Waals surface area contributed by atoms with Gasteiger partial charge in [-0.3, -0.25) is 4.57 Å². The zero-order valence-electron chi connectivity index (χ0n) is 20.7. The van der Waals surface area contributed by atoms with Crippen molar-refractivity contribution in [2.75, 3.05) is 0 Å². The van der Waals surface area contributed by atoms with E-state index in [1.54, 1.807) is 0 Å². The Labute approximate surface area is 191 Å². The van der Waals surface area contributed by atoms with Gasteiger partial charge in [0.15, 0.2) is 0 Å². The molecule has 0 heterocycles. The molecular formula is C27H47O3P. The highest BCUT2D eigenvalue weighted by molar-refractivity contribution is 7.32. The molecule has 178 valence electrons. The first kappa shape index (κ1) is 24.0. The van der Waals surface area contributed by atoms with Gasteiger partial charge in [0.1, 0.15) is 0 Å². The van der Waals surface area contributed by atoms with E-state index in [0.29, 0.717) is 5.41 Å². The molecule has 0 aromatic heterocycles. The number of fused-ring (bicyclic) bond motifs is 5. The van der Waals surface area contributed by atoms with Crippen LogP contribution in [0.1, 0.15) is 105 Å². The van der Waals surface area contributed by atoms with Gasteiger partial charge in [0, 0.05) is 0 Å². The van der Waals surface area contributed by atoms with Crippen molar-refractivity contribution in [1.29, 1.82) is 0 Å². The van der Waals surface area contributed by atoms with Crippen LogP contribution in [0.5, 0.6) is 0 Å². The van der Waals surface area contributed by atoms with Crippen LogP contribution in [-0.4, -0.2) is 11.0 Å². The second-order valence-corrected chi connectivity index (χ2v) is 13.3. The Morgan fingerprint density at radius 2 is 1.87 bits per heavy atom. The number of rotatable bonds is 7. The fourth-order valence-corrected chi connectivity index (χ4v) is 9.38. The van der Waals surface area contributed by atoms with Crippen LogP contribution in [0.4, 0.5) is 0 Å². The molecule has 4 aliphatic carbocycles. The molecule has 0 radical (unpaired) electrons. The first-order chi connectivity index (χ1) is 14.6. The Bertz CT molecular complexity index is 703. The van der Waals surface area contributed by atoms with Gasteiger partial charge in [0.2, 0.25) is 0 Å². The van der Waals surface area contributed by atoms with E-state index in [0.717, 1.165) is 54.8 Å². The smallest absolute Gasteiger partial charge is 0.316 e. The Morgan fingerprint density at radius 1 is 1.10 bits per heavy atom. The maximum Gasteiger partial charge on any atom is 0.316 e. The second kappa shape index (κ2) is 9.27. The van der Waals surface area contributed by atoms with Crippen LogP contribution in [0.15, 0.2) is 11.6 Å². The van der Waals surface area contributed by atoms with Crippen molar-refractivity contribution in [2.24, 2.45) is 46.3 Å². The summed E-state index contributed by atoms with van der Waals surface area (Å²) in [6.07, 6.45) is 16.5. The van der Waals surface area contributed by atoms with Gasteiger partial charge in [-0.25, -0.2) is 0 Å². The van der Waals surface area contributed by atoms with Gasteiger partial charge in [-0.05, 0) is 97.7 Å². The zero-order chi connectivity index (χ0) is 22.4. The summed E-state index contributed by atoms with van der Waals surface area (Å²) in [4.78, 5) is 9.24. The van der Waals surface area contributed by atoms with Crippen molar-refractivity contribution in [3.05, 3.63) is 11.6 Å². The zero-order valence-corrected chi connectivity index (χ0v) is 21.7. The normalized spacial score (nSPS) is 44.2. The SMILES string of the molecule is CC(C)CCC[C@@H](C)[C@H]1CCC2C3CC=C4CC(O[PH](=O)O)CC[C@]4(C)C3CC[C@@]21C. The van der Waals surface area contributed by atoms with Gasteiger partial charge in [-0.1, -0.05) is 65.5 Å². The minimum Gasteiger partial charge on any atom is -0.326 e. The highest BCUT2D eigenvalue weighted by atomic mass is 31.1. The van der Waals surface area contributed by atoms with Crippen LogP contribution in [-0.2, 0) is 9.09 Å². The molecule has 4 heteroatoms. The first-order valence-corrected chi connectivity index (χ1v) is 14.5.